The molecule has 0 aromatic heterocycles. The topological polar surface area (TPSA) is 37.3 Å². The van der Waals surface area contributed by atoms with Gasteiger partial charge in [-0.05, 0) is 0 Å². The van der Waals surface area contributed by atoms with Crippen molar-refractivity contribution in [3.63, 3.8) is 0 Å². The maximum atomic E-state index is 11.2. The number of hydrogen-bond acceptors (Lipinski definition) is 1. The fourth-order valence-electron chi connectivity index (χ4n) is 0.114. The molecule has 0 aliphatic carbocycles. The molecule has 0 spiro atoms. The summed E-state index contributed by atoms with van der Waals surface area (Å²) in [5, 5.41) is 0. The lowest BCUT2D eigenvalue weighted by Crippen LogP contribution is -2.27. The SMILES string of the molecule is O=S(O)[C@@H](Cl)C(F)(F)F. The van der Waals surface area contributed by atoms with Crippen molar-refractivity contribution in [3.8, 4) is 0 Å². The van der Waals surface area contributed by atoms with E-state index in [9.17, 15) is 17.4 Å². The second-order valence-corrected chi connectivity index (χ2v) is 2.85. The molecule has 56 valence electrons. The molecular weight excluding hydrogens is 181 g/mol. The van der Waals surface area contributed by atoms with Crippen molar-refractivity contribution in [2.24, 2.45) is 0 Å². The lowest BCUT2D eigenvalue weighted by molar-refractivity contribution is -0.115. The van der Waals surface area contributed by atoms with E-state index in [1.165, 1.54) is 0 Å². The van der Waals surface area contributed by atoms with Crippen LogP contribution in [-0.4, -0.2) is 19.6 Å². The van der Waals surface area contributed by atoms with Gasteiger partial charge in [0.15, 0.2) is 11.1 Å². The maximum absolute atomic E-state index is 11.2. The summed E-state index contributed by atoms with van der Waals surface area (Å²) in [4.78, 5) is 0. The first-order valence-corrected chi connectivity index (χ1v) is 3.27. The van der Waals surface area contributed by atoms with Crippen LogP contribution in [-0.2, 0) is 11.1 Å². The van der Waals surface area contributed by atoms with Gasteiger partial charge in [-0.1, -0.05) is 11.6 Å². The molecule has 0 aromatic carbocycles. The van der Waals surface area contributed by atoms with Gasteiger partial charge >= 0.3 is 6.18 Å². The second-order valence-electron chi connectivity index (χ2n) is 1.13. The van der Waals surface area contributed by atoms with E-state index in [-0.39, 0.29) is 0 Å². The molecule has 0 saturated carbocycles. The van der Waals surface area contributed by atoms with Gasteiger partial charge in [-0.2, -0.15) is 13.2 Å². The Morgan fingerprint density at radius 3 is 1.89 bits per heavy atom. The Morgan fingerprint density at radius 2 is 1.89 bits per heavy atom. The monoisotopic (exact) mass is 182 g/mol. The van der Waals surface area contributed by atoms with E-state index >= 15 is 0 Å². The first-order valence-electron chi connectivity index (χ1n) is 1.66. The molecule has 0 aromatic rings. The molecule has 1 N–H and O–H groups in total. The molecule has 1 unspecified atom stereocenters. The van der Waals surface area contributed by atoms with Gasteiger partial charge in [0.1, 0.15) is 0 Å². The zero-order chi connectivity index (χ0) is 7.65. The third kappa shape index (κ3) is 3.02. The Labute approximate surface area is 56.3 Å². The van der Waals surface area contributed by atoms with E-state index in [0.717, 1.165) is 0 Å². The molecule has 0 saturated heterocycles. The molecule has 9 heavy (non-hydrogen) atoms. The summed E-state index contributed by atoms with van der Waals surface area (Å²) in [6.07, 6.45) is -4.80. The summed E-state index contributed by atoms with van der Waals surface area (Å²) in [5.74, 6) is 0. The van der Waals surface area contributed by atoms with Gasteiger partial charge < -0.3 is 4.55 Å². The minimum atomic E-state index is -4.80. The van der Waals surface area contributed by atoms with E-state index in [4.69, 9.17) is 4.55 Å². The van der Waals surface area contributed by atoms with Gasteiger partial charge in [0.2, 0.25) is 4.71 Å². The number of alkyl halides is 4. The van der Waals surface area contributed by atoms with Crippen LogP contribution in [0.2, 0.25) is 0 Å². The van der Waals surface area contributed by atoms with E-state index in [2.05, 4.69) is 11.6 Å². The minimum absolute atomic E-state index is 2.68. The quantitative estimate of drug-likeness (QED) is 0.491. The lowest BCUT2D eigenvalue weighted by Gasteiger charge is -2.07. The number of halogens is 4. The highest BCUT2D eigenvalue weighted by Gasteiger charge is 2.42. The molecular formula is C2H2ClF3O2S. The summed E-state index contributed by atoms with van der Waals surface area (Å²) < 4.78 is 48.3. The fraction of sp³-hybridized carbons (Fsp3) is 1.00. The highest BCUT2D eigenvalue weighted by atomic mass is 35.5. The van der Waals surface area contributed by atoms with Gasteiger partial charge in [0.25, 0.3) is 0 Å². The predicted octanol–water partition coefficient (Wildman–Crippen LogP) is 1.34. The third-order valence-electron chi connectivity index (χ3n) is 0.434. The van der Waals surface area contributed by atoms with Crippen LogP contribution in [0.4, 0.5) is 13.2 Å². The molecule has 0 rings (SSSR count). The van der Waals surface area contributed by atoms with Crippen LogP contribution in [0.1, 0.15) is 0 Å². The molecule has 2 atom stereocenters. The van der Waals surface area contributed by atoms with Crippen molar-refractivity contribution in [1.29, 1.82) is 0 Å². The average molecular weight is 183 g/mol. The van der Waals surface area contributed by atoms with Crippen LogP contribution in [0.25, 0.3) is 0 Å². The smallest absolute Gasteiger partial charge is 0.305 e. The summed E-state index contributed by atoms with van der Waals surface area (Å²) >= 11 is 1.38. The Morgan fingerprint density at radius 1 is 1.56 bits per heavy atom. The average Bonchev–Trinajstić information content (AvgIpc) is 1.62. The van der Waals surface area contributed by atoms with E-state index in [1.807, 2.05) is 0 Å². The van der Waals surface area contributed by atoms with Gasteiger partial charge in [0, 0.05) is 0 Å². The van der Waals surface area contributed by atoms with Gasteiger partial charge in [-0.15, -0.1) is 0 Å². The maximum Gasteiger partial charge on any atom is 0.418 e. The van der Waals surface area contributed by atoms with E-state index < -0.39 is 22.0 Å². The van der Waals surface area contributed by atoms with Gasteiger partial charge in [0.05, 0.1) is 0 Å². The van der Waals surface area contributed by atoms with Crippen molar-refractivity contribution in [1.82, 2.24) is 0 Å². The summed E-state index contributed by atoms with van der Waals surface area (Å²) in [5.41, 5.74) is 0. The zero-order valence-electron chi connectivity index (χ0n) is 3.85. The van der Waals surface area contributed by atoms with Crippen molar-refractivity contribution in [3.05, 3.63) is 0 Å². The van der Waals surface area contributed by atoms with Gasteiger partial charge in [-0.3, -0.25) is 0 Å². The van der Waals surface area contributed by atoms with Crippen LogP contribution in [0.15, 0.2) is 0 Å². The standard InChI is InChI=1S/C2H2ClF3O2S/c3-1(9(7)8)2(4,5)6/h1H,(H,7,8)/t1-/m1/s1. The van der Waals surface area contributed by atoms with Crippen molar-refractivity contribution >= 4 is 22.7 Å². The Balaban J connectivity index is 4.04. The fourth-order valence-corrected chi connectivity index (χ4v) is 0.343. The van der Waals surface area contributed by atoms with Crippen LogP contribution >= 0.6 is 11.6 Å². The number of rotatable bonds is 1. The molecule has 2 nitrogen and oxygen atoms in total. The summed E-state index contributed by atoms with van der Waals surface area (Å²) in [6.45, 7) is 0. The first-order chi connectivity index (χ1) is 3.85. The normalized spacial score (nSPS) is 19.2. The lowest BCUT2D eigenvalue weighted by atomic mass is 10.8. The molecule has 0 radical (unpaired) electrons. The molecule has 0 aliphatic heterocycles. The van der Waals surface area contributed by atoms with Crippen LogP contribution < -0.4 is 0 Å². The summed E-state index contributed by atoms with van der Waals surface area (Å²) in [7, 11) is 0. The van der Waals surface area contributed by atoms with Crippen LogP contribution in [0.3, 0.4) is 0 Å². The summed E-state index contributed by atoms with van der Waals surface area (Å²) in [6, 6.07) is 0. The minimum Gasteiger partial charge on any atom is -0.305 e. The van der Waals surface area contributed by atoms with Crippen LogP contribution in [0, 0.1) is 0 Å². The molecule has 0 bridgehead atoms. The first kappa shape index (κ1) is 9.19. The second kappa shape index (κ2) is 2.85. The zero-order valence-corrected chi connectivity index (χ0v) is 5.43. The van der Waals surface area contributed by atoms with Crippen LogP contribution in [0.5, 0.6) is 0 Å². The molecule has 0 fully saturated rings. The highest BCUT2D eigenvalue weighted by Crippen LogP contribution is 2.26. The molecule has 7 heteroatoms. The van der Waals surface area contributed by atoms with Crippen molar-refractivity contribution in [2.45, 2.75) is 10.9 Å². The predicted molar refractivity (Wildman–Crippen MR) is 26.5 cm³/mol. The molecule has 0 amide bonds. The largest absolute Gasteiger partial charge is 0.418 e. The highest BCUT2D eigenvalue weighted by molar-refractivity contribution is 7.81. The number of hydrogen-bond donors (Lipinski definition) is 1. The third-order valence-corrected chi connectivity index (χ3v) is 1.76. The Hall–Kier alpha value is 0.190. The van der Waals surface area contributed by atoms with Crippen molar-refractivity contribution in [2.75, 3.05) is 0 Å². The van der Waals surface area contributed by atoms with Crippen molar-refractivity contribution < 1.29 is 21.9 Å². The van der Waals surface area contributed by atoms with Gasteiger partial charge in [-0.25, -0.2) is 4.21 Å². The molecule has 0 aliphatic rings. The van der Waals surface area contributed by atoms with E-state index in [1.54, 1.807) is 0 Å². The van der Waals surface area contributed by atoms with E-state index in [0.29, 0.717) is 0 Å². The Bertz CT molecular complexity index is 123. The Kier molecular flexibility index (Phi) is 2.91. The molecule has 0 heterocycles.